The number of aromatic nitrogens is 3. The van der Waals surface area contributed by atoms with Gasteiger partial charge < -0.3 is 5.32 Å². The number of rotatable bonds is 6. The molecular formula is C19H19ClN4OS. The lowest BCUT2D eigenvalue weighted by Gasteiger charge is -2.11. The van der Waals surface area contributed by atoms with Gasteiger partial charge in [-0.05, 0) is 31.2 Å². The summed E-state index contributed by atoms with van der Waals surface area (Å²) in [4.78, 5) is 11.0. The quantitative estimate of drug-likeness (QED) is 0.511. The molecule has 3 rings (SSSR count). The fourth-order valence-electron chi connectivity index (χ4n) is 2.45. The Bertz CT molecular complexity index is 891. The highest BCUT2D eigenvalue weighted by atomic mass is 35.5. The molecule has 0 spiro atoms. The van der Waals surface area contributed by atoms with Crippen LogP contribution in [0.1, 0.15) is 12.5 Å². The normalized spacial score (nSPS) is 10.7. The predicted octanol–water partition coefficient (Wildman–Crippen LogP) is 4.12. The average molecular weight is 387 g/mol. The second-order valence-electron chi connectivity index (χ2n) is 5.82. The Morgan fingerprint density at radius 2 is 1.81 bits per heavy atom. The first-order chi connectivity index (χ1) is 12.5. The second-order valence-corrected chi connectivity index (χ2v) is 7.31. The summed E-state index contributed by atoms with van der Waals surface area (Å²) >= 11 is 7.58. The van der Waals surface area contributed by atoms with Crippen molar-refractivity contribution >= 4 is 29.3 Å². The van der Waals surface area contributed by atoms with Crippen LogP contribution in [0.4, 0.5) is 0 Å². The summed E-state index contributed by atoms with van der Waals surface area (Å²) in [6.45, 7) is 4.14. The van der Waals surface area contributed by atoms with Gasteiger partial charge in [-0.15, -0.1) is 10.2 Å². The molecule has 0 saturated carbocycles. The van der Waals surface area contributed by atoms with Gasteiger partial charge in [0.25, 0.3) is 0 Å². The zero-order valence-electron chi connectivity index (χ0n) is 14.6. The van der Waals surface area contributed by atoms with E-state index < -0.39 is 0 Å². The van der Waals surface area contributed by atoms with E-state index in [2.05, 4.69) is 34.6 Å². The van der Waals surface area contributed by atoms with Crippen molar-refractivity contribution in [2.75, 3.05) is 12.3 Å². The molecule has 3 aromatic rings. The molecule has 26 heavy (non-hydrogen) atoms. The zero-order valence-corrected chi connectivity index (χ0v) is 16.1. The number of amides is 1. The number of benzene rings is 2. The van der Waals surface area contributed by atoms with E-state index in [0.29, 0.717) is 17.3 Å². The monoisotopic (exact) mass is 386 g/mol. The highest BCUT2D eigenvalue weighted by Crippen LogP contribution is 2.28. The van der Waals surface area contributed by atoms with Gasteiger partial charge in [0.15, 0.2) is 11.0 Å². The Morgan fingerprint density at radius 1 is 1.12 bits per heavy atom. The summed E-state index contributed by atoms with van der Waals surface area (Å²) in [6.07, 6.45) is 0. The van der Waals surface area contributed by atoms with Crippen molar-refractivity contribution < 1.29 is 4.79 Å². The van der Waals surface area contributed by atoms with E-state index in [-0.39, 0.29) is 5.91 Å². The van der Waals surface area contributed by atoms with Gasteiger partial charge in [0.2, 0.25) is 5.91 Å². The largest absolute Gasteiger partial charge is 0.356 e. The molecule has 1 N–H and O–H groups in total. The molecule has 0 fully saturated rings. The number of hydrogen-bond acceptors (Lipinski definition) is 4. The molecule has 134 valence electrons. The maximum atomic E-state index is 11.0. The Labute approximate surface area is 161 Å². The third kappa shape index (κ3) is 4.45. The Balaban J connectivity index is 1.95. The van der Waals surface area contributed by atoms with Crippen LogP contribution in [0.5, 0.6) is 0 Å². The maximum absolute atomic E-state index is 11.0. The summed E-state index contributed by atoms with van der Waals surface area (Å²) in [6, 6.07) is 15.8. The summed E-state index contributed by atoms with van der Waals surface area (Å²) in [5.41, 5.74) is 3.12. The van der Waals surface area contributed by atoms with Crippen LogP contribution in [-0.2, 0) is 4.79 Å². The van der Waals surface area contributed by atoms with Crippen LogP contribution < -0.4 is 5.32 Å². The number of nitrogens with one attached hydrogen (secondary N) is 1. The van der Waals surface area contributed by atoms with Gasteiger partial charge in [0, 0.05) is 35.5 Å². The fourth-order valence-corrected chi connectivity index (χ4v) is 3.38. The van der Waals surface area contributed by atoms with Crippen molar-refractivity contribution in [3.63, 3.8) is 0 Å². The third-order valence-corrected chi connectivity index (χ3v) is 4.92. The minimum Gasteiger partial charge on any atom is -0.356 e. The molecule has 1 heterocycles. The van der Waals surface area contributed by atoms with Crippen molar-refractivity contribution in [2.24, 2.45) is 0 Å². The first-order valence-corrected chi connectivity index (χ1v) is 9.56. The molecular weight excluding hydrogens is 368 g/mol. The van der Waals surface area contributed by atoms with E-state index in [4.69, 9.17) is 11.6 Å². The minimum atomic E-state index is -0.0369. The van der Waals surface area contributed by atoms with Crippen molar-refractivity contribution in [3.8, 4) is 17.1 Å². The van der Waals surface area contributed by atoms with Crippen molar-refractivity contribution in [3.05, 3.63) is 59.1 Å². The van der Waals surface area contributed by atoms with Gasteiger partial charge in [0.05, 0.1) is 0 Å². The Morgan fingerprint density at radius 3 is 2.46 bits per heavy atom. The van der Waals surface area contributed by atoms with Crippen LogP contribution >= 0.6 is 23.4 Å². The summed E-state index contributed by atoms with van der Waals surface area (Å²) in [5.74, 6) is 1.44. The smallest absolute Gasteiger partial charge is 0.216 e. The van der Waals surface area contributed by atoms with Crippen LogP contribution in [0, 0.1) is 6.92 Å². The lowest BCUT2D eigenvalue weighted by Crippen LogP contribution is -2.22. The molecule has 0 saturated heterocycles. The van der Waals surface area contributed by atoms with Crippen molar-refractivity contribution in [1.29, 1.82) is 0 Å². The molecule has 0 aliphatic rings. The van der Waals surface area contributed by atoms with Crippen LogP contribution in [0.15, 0.2) is 53.7 Å². The first kappa shape index (κ1) is 18.5. The van der Waals surface area contributed by atoms with Gasteiger partial charge >= 0.3 is 0 Å². The lowest BCUT2D eigenvalue weighted by molar-refractivity contribution is -0.118. The second kappa shape index (κ2) is 8.38. The summed E-state index contributed by atoms with van der Waals surface area (Å²) in [7, 11) is 0. The highest BCUT2D eigenvalue weighted by molar-refractivity contribution is 7.99. The van der Waals surface area contributed by atoms with E-state index in [1.54, 1.807) is 11.8 Å². The van der Waals surface area contributed by atoms with Gasteiger partial charge in [-0.3, -0.25) is 9.36 Å². The third-order valence-electron chi connectivity index (χ3n) is 3.74. The van der Waals surface area contributed by atoms with E-state index in [1.165, 1.54) is 12.5 Å². The molecule has 5 nitrogen and oxygen atoms in total. The van der Waals surface area contributed by atoms with Crippen LogP contribution in [0.25, 0.3) is 17.1 Å². The molecule has 0 bridgehead atoms. The highest BCUT2D eigenvalue weighted by Gasteiger charge is 2.16. The molecule has 1 amide bonds. The molecule has 1 aromatic heterocycles. The molecule has 0 aliphatic heterocycles. The fraction of sp³-hybridized carbons (Fsp3) is 0.211. The van der Waals surface area contributed by atoms with Crippen LogP contribution in [-0.4, -0.2) is 33.0 Å². The summed E-state index contributed by atoms with van der Waals surface area (Å²) in [5, 5.41) is 13.0. The number of aryl methyl sites for hydroxylation is 1. The number of carbonyl (C=O) groups is 1. The lowest BCUT2D eigenvalue weighted by atomic mass is 10.1. The number of halogens is 1. The molecule has 0 unspecified atom stereocenters. The Kier molecular flexibility index (Phi) is 5.96. The summed E-state index contributed by atoms with van der Waals surface area (Å²) < 4.78 is 2.01. The molecule has 7 heteroatoms. The van der Waals surface area contributed by atoms with Crippen molar-refractivity contribution in [2.45, 2.75) is 19.0 Å². The molecule has 0 radical (unpaired) electrons. The van der Waals surface area contributed by atoms with Crippen LogP contribution in [0.2, 0.25) is 5.02 Å². The SMILES string of the molecule is CC(=O)NCCSc1nnc(-c2ccc(C)cc2)n1-c1ccc(Cl)cc1. The van der Waals surface area contributed by atoms with E-state index in [0.717, 1.165) is 22.2 Å². The molecule has 2 aromatic carbocycles. The van der Waals surface area contributed by atoms with E-state index in [1.807, 2.05) is 41.0 Å². The Hall–Kier alpha value is -2.31. The minimum absolute atomic E-state index is 0.0369. The van der Waals surface area contributed by atoms with E-state index in [9.17, 15) is 4.79 Å². The number of carbonyl (C=O) groups excluding carboxylic acids is 1. The zero-order chi connectivity index (χ0) is 18.5. The molecule has 0 atom stereocenters. The van der Waals surface area contributed by atoms with E-state index >= 15 is 0 Å². The predicted molar refractivity (Wildman–Crippen MR) is 106 cm³/mol. The van der Waals surface area contributed by atoms with Gasteiger partial charge in [0.1, 0.15) is 0 Å². The maximum Gasteiger partial charge on any atom is 0.216 e. The number of nitrogens with zero attached hydrogens (tertiary/aromatic N) is 3. The van der Waals surface area contributed by atoms with Gasteiger partial charge in [-0.25, -0.2) is 0 Å². The average Bonchev–Trinajstić information content (AvgIpc) is 3.04. The molecule has 0 aliphatic carbocycles. The van der Waals surface area contributed by atoms with Gasteiger partial charge in [-0.2, -0.15) is 0 Å². The topological polar surface area (TPSA) is 59.8 Å². The first-order valence-electron chi connectivity index (χ1n) is 8.20. The number of thioether (sulfide) groups is 1. The van der Waals surface area contributed by atoms with Crippen LogP contribution in [0.3, 0.4) is 0 Å². The van der Waals surface area contributed by atoms with Crippen molar-refractivity contribution in [1.82, 2.24) is 20.1 Å². The number of hydrogen-bond donors (Lipinski definition) is 1. The van der Waals surface area contributed by atoms with Gasteiger partial charge in [-0.1, -0.05) is 53.2 Å². The standard InChI is InChI=1S/C19H19ClN4OS/c1-13-3-5-15(6-4-13)18-22-23-19(26-12-11-21-14(2)25)24(18)17-9-7-16(20)8-10-17/h3-10H,11-12H2,1-2H3,(H,21,25).